The Labute approximate surface area is 157 Å². The zero-order chi connectivity index (χ0) is 19.7. The maximum atomic E-state index is 13.8. The van der Waals surface area contributed by atoms with E-state index < -0.39 is 16.6 Å². The Morgan fingerprint density at radius 1 is 1.32 bits per heavy atom. The topological polar surface area (TPSA) is 92.3 Å². The zero-order valence-corrected chi connectivity index (χ0v) is 14.4. The molecule has 0 amide bonds. The molecule has 1 aliphatic heterocycles. The van der Waals surface area contributed by atoms with E-state index in [0.29, 0.717) is 24.4 Å². The highest BCUT2D eigenvalue weighted by atomic mass is 19.1. The number of nitro groups is 1. The zero-order valence-electron chi connectivity index (χ0n) is 14.4. The van der Waals surface area contributed by atoms with Gasteiger partial charge in [-0.3, -0.25) is 4.57 Å². The minimum absolute atomic E-state index is 0.178. The van der Waals surface area contributed by atoms with E-state index in [9.17, 15) is 18.9 Å². The maximum Gasteiger partial charge on any atom is 0.414 e. The molecule has 1 atom stereocenters. The molecule has 1 aliphatic rings. The Kier molecular flexibility index (Phi) is 4.60. The Balaban J connectivity index is 1.38. The number of halogens is 2. The van der Waals surface area contributed by atoms with Gasteiger partial charge >= 0.3 is 11.8 Å². The normalized spacial score (nSPS) is 15.6. The van der Waals surface area contributed by atoms with Gasteiger partial charge in [0, 0.05) is 47.4 Å². The second kappa shape index (κ2) is 7.22. The molecule has 0 fully saturated rings. The number of rotatable bonds is 5. The highest BCUT2D eigenvalue weighted by molar-refractivity contribution is 5.63. The molecule has 0 radical (unpaired) electrons. The molecular formula is C18H14F2N4O4. The largest absolute Gasteiger partial charge is 0.474 e. The van der Waals surface area contributed by atoms with Crippen molar-refractivity contribution in [1.82, 2.24) is 14.5 Å². The predicted octanol–water partition coefficient (Wildman–Crippen LogP) is 3.36. The van der Waals surface area contributed by atoms with Gasteiger partial charge in [-0.1, -0.05) is 0 Å². The first-order valence-electron chi connectivity index (χ1n) is 8.42. The third kappa shape index (κ3) is 3.61. The average Bonchev–Trinajstić information content (AvgIpc) is 3.11. The van der Waals surface area contributed by atoms with Crippen molar-refractivity contribution in [3.63, 3.8) is 0 Å². The number of hydrogen-bond donors (Lipinski definition) is 0. The van der Waals surface area contributed by atoms with Crippen molar-refractivity contribution < 1.29 is 23.2 Å². The summed E-state index contributed by atoms with van der Waals surface area (Å²) in [7, 11) is 0. The molecule has 2 aromatic heterocycles. The van der Waals surface area contributed by atoms with Crippen molar-refractivity contribution in [2.45, 2.75) is 19.1 Å². The lowest BCUT2D eigenvalue weighted by Gasteiger charge is -2.21. The molecule has 0 N–H and O–H groups in total. The molecule has 144 valence electrons. The summed E-state index contributed by atoms with van der Waals surface area (Å²) in [5, 5.41) is 10.8. The van der Waals surface area contributed by atoms with Crippen LogP contribution in [0, 0.1) is 21.7 Å². The number of pyridine rings is 1. The van der Waals surface area contributed by atoms with Gasteiger partial charge in [-0.05, 0) is 23.1 Å². The molecule has 3 aromatic rings. The summed E-state index contributed by atoms with van der Waals surface area (Å²) in [6.07, 6.45) is 3.04. The summed E-state index contributed by atoms with van der Waals surface area (Å²) in [5.74, 6) is -1.26. The first kappa shape index (κ1) is 17.8. The van der Waals surface area contributed by atoms with Crippen LogP contribution in [0.3, 0.4) is 0 Å². The van der Waals surface area contributed by atoms with Gasteiger partial charge in [0.25, 0.3) is 0 Å². The number of nitrogens with zero attached hydrogens (tertiary/aromatic N) is 4. The van der Waals surface area contributed by atoms with E-state index in [2.05, 4.69) is 9.97 Å². The summed E-state index contributed by atoms with van der Waals surface area (Å²) in [6.45, 7) is 0.707. The fraction of sp³-hybridized carbons (Fsp3) is 0.222. The molecule has 1 unspecified atom stereocenters. The lowest BCUT2D eigenvalue weighted by atomic mass is 10.1. The quantitative estimate of drug-likeness (QED) is 0.492. The van der Waals surface area contributed by atoms with Gasteiger partial charge in [-0.2, -0.15) is 0 Å². The standard InChI is InChI=1S/C18H14F2N4O4/c19-12-2-3-14(15(20)7-12)11-1-4-17(21-8-11)27-10-13-5-6-23-9-16(24(25)26)22-18(23)28-13/h1-4,7-9,13H,5-6,10H2. The third-order valence-electron chi connectivity index (χ3n) is 4.27. The van der Waals surface area contributed by atoms with Gasteiger partial charge in [0.05, 0.1) is 0 Å². The number of ether oxygens (including phenoxy) is 2. The van der Waals surface area contributed by atoms with Crippen LogP contribution in [0.5, 0.6) is 11.9 Å². The van der Waals surface area contributed by atoms with Gasteiger partial charge in [-0.25, -0.2) is 13.8 Å². The summed E-state index contributed by atoms with van der Waals surface area (Å²) in [6, 6.07) is 6.72. The molecule has 0 saturated heterocycles. The highest BCUT2D eigenvalue weighted by Crippen LogP contribution is 2.26. The number of imidazole rings is 1. The van der Waals surface area contributed by atoms with E-state index in [1.165, 1.54) is 24.5 Å². The van der Waals surface area contributed by atoms with Crippen molar-refractivity contribution in [2.75, 3.05) is 6.61 Å². The second-order valence-corrected chi connectivity index (χ2v) is 6.18. The molecule has 4 rings (SSSR count). The van der Waals surface area contributed by atoms with Crippen LogP contribution in [0.2, 0.25) is 0 Å². The fourth-order valence-corrected chi connectivity index (χ4v) is 2.86. The second-order valence-electron chi connectivity index (χ2n) is 6.18. The van der Waals surface area contributed by atoms with Crippen molar-refractivity contribution in [2.24, 2.45) is 0 Å². The van der Waals surface area contributed by atoms with E-state index in [1.807, 2.05) is 0 Å². The van der Waals surface area contributed by atoms with Gasteiger partial charge in [0.2, 0.25) is 5.88 Å². The number of aromatic nitrogens is 3. The van der Waals surface area contributed by atoms with Crippen LogP contribution >= 0.6 is 0 Å². The number of aryl methyl sites for hydroxylation is 1. The van der Waals surface area contributed by atoms with Crippen molar-refractivity contribution in [3.8, 4) is 23.0 Å². The van der Waals surface area contributed by atoms with Crippen LogP contribution in [-0.2, 0) is 6.54 Å². The van der Waals surface area contributed by atoms with E-state index in [4.69, 9.17) is 9.47 Å². The van der Waals surface area contributed by atoms with Gasteiger partial charge in [-0.15, -0.1) is 0 Å². The molecule has 0 bridgehead atoms. The number of hydrogen-bond acceptors (Lipinski definition) is 6. The smallest absolute Gasteiger partial charge is 0.414 e. The van der Waals surface area contributed by atoms with Gasteiger partial charge < -0.3 is 19.6 Å². The molecule has 0 aliphatic carbocycles. The predicted molar refractivity (Wildman–Crippen MR) is 93.0 cm³/mol. The van der Waals surface area contributed by atoms with Gasteiger partial charge in [0.1, 0.15) is 30.5 Å². The van der Waals surface area contributed by atoms with E-state index in [0.717, 1.165) is 6.07 Å². The molecule has 0 saturated carbocycles. The molecule has 3 heterocycles. The van der Waals surface area contributed by atoms with Crippen LogP contribution in [0.1, 0.15) is 6.42 Å². The van der Waals surface area contributed by atoms with Crippen molar-refractivity contribution >= 4 is 5.82 Å². The van der Waals surface area contributed by atoms with Crippen molar-refractivity contribution in [1.29, 1.82) is 0 Å². The minimum atomic E-state index is -0.671. The van der Waals surface area contributed by atoms with E-state index in [-0.39, 0.29) is 30.1 Å². The minimum Gasteiger partial charge on any atom is -0.474 e. The highest BCUT2D eigenvalue weighted by Gasteiger charge is 2.28. The number of fused-ring (bicyclic) bond motifs is 1. The lowest BCUT2D eigenvalue weighted by molar-refractivity contribution is -0.389. The lowest BCUT2D eigenvalue weighted by Crippen LogP contribution is -2.31. The molecular weight excluding hydrogens is 374 g/mol. The summed E-state index contributed by atoms with van der Waals surface area (Å²) in [4.78, 5) is 18.2. The maximum absolute atomic E-state index is 13.8. The van der Waals surface area contributed by atoms with Crippen LogP contribution in [-0.4, -0.2) is 32.2 Å². The number of benzene rings is 1. The van der Waals surface area contributed by atoms with Crippen LogP contribution in [0.25, 0.3) is 11.1 Å². The first-order chi connectivity index (χ1) is 13.5. The molecule has 28 heavy (non-hydrogen) atoms. The van der Waals surface area contributed by atoms with E-state index in [1.54, 1.807) is 16.7 Å². The monoisotopic (exact) mass is 388 g/mol. The molecule has 0 spiro atoms. The fourth-order valence-electron chi connectivity index (χ4n) is 2.86. The average molecular weight is 388 g/mol. The Morgan fingerprint density at radius 3 is 2.89 bits per heavy atom. The Hall–Kier alpha value is -3.56. The molecule has 8 nitrogen and oxygen atoms in total. The van der Waals surface area contributed by atoms with Crippen molar-refractivity contribution in [3.05, 3.63) is 64.5 Å². The third-order valence-corrected chi connectivity index (χ3v) is 4.27. The molecule has 1 aromatic carbocycles. The van der Waals surface area contributed by atoms with Gasteiger partial charge in [0.15, 0.2) is 0 Å². The SMILES string of the molecule is O=[N+]([O-])c1cn2c(n1)OC(COc1ccc(-c3ccc(F)cc3F)cn1)CC2. The van der Waals surface area contributed by atoms with Crippen LogP contribution < -0.4 is 9.47 Å². The van der Waals surface area contributed by atoms with Crippen LogP contribution in [0.4, 0.5) is 14.6 Å². The summed E-state index contributed by atoms with van der Waals surface area (Å²) in [5.41, 5.74) is 0.734. The summed E-state index contributed by atoms with van der Waals surface area (Å²) < 4.78 is 39.6. The molecule has 10 heteroatoms. The van der Waals surface area contributed by atoms with E-state index >= 15 is 0 Å². The Bertz CT molecular complexity index is 1020. The summed E-state index contributed by atoms with van der Waals surface area (Å²) >= 11 is 0. The first-order valence-corrected chi connectivity index (χ1v) is 8.42. The van der Waals surface area contributed by atoms with Crippen LogP contribution in [0.15, 0.2) is 42.7 Å². The Morgan fingerprint density at radius 2 is 2.18 bits per heavy atom.